The molecule has 1 atom stereocenters. The zero-order chi connectivity index (χ0) is 15.2. The van der Waals surface area contributed by atoms with Gasteiger partial charge in [0.1, 0.15) is 17.3 Å². The van der Waals surface area contributed by atoms with Gasteiger partial charge in [0, 0.05) is 5.69 Å². The number of ether oxygens (including phenoxy) is 1. The van der Waals surface area contributed by atoms with Crippen LogP contribution < -0.4 is 10.1 Å². The molecule has 0 aliphatic carbocycles. The predicted molar refractivity (Wildman–Crippen MR) is 79.3 cm³/mol. The number of rotatable bonds is 5. The van der Waals surface area contributed by atoms with Crippen molar-refractivity contribution in [2.45, 2.75) is 4.90 Å². The smallest absolute Gasteiger partial charge is 0.237 e. The minimum absolute atomic E-state index is 0.0300. The molecule has 0 aliphatic heterocycles. The Morgan fingerprint density at radius 1 is 1.19 bits per heavy atom. The van der Waals surface area contributed by atoms with Crippen LogP contribution >= 0.6 is 0 Å². The number of hydrogen-bond donors (Lipinski definition) is 1. The van der Waals surface area contributed by atoms with Gasteiger partial charge < -0.3 is 10.1 Å². The Morgan fingerprint density at radius 3 is 2.48 bits per heavy atom. The number of nitrogens with one attached hydrogen (secondary N) is 1. The van der Waals surface area contributed by atoms with Gasteiger partial charge in [0.2, 0.25) is 5.91 Å². The van der Waals surface area contributed by atoms with E-state index in [9.17, 15) is 13.4 Å². The van der Waals surface area contributed by atoms with Crippen molar-refractivity contribution < 1.29 is 18.1 Å². The summed E-state index contributed by atoms with van der Waals surface area (Å²) in [5, 5.41) is 2.60. The van der Waals surface area contributed by atoms with Crippen molar-refractivity contribution in [2.75, 3.05) is 18.2 Å². The average Bonchev–Trinajstić information content (AvgIpc) is 2.48. The molecule has 0 spiro atoms. The Hall–Kier alpha value is -2.21. The summed E-state index contributed by atoms with van der Waals surface area (Å²) in [5.41, 5.74) is 0.561. The monoisotopic (exact) mass is 307 g/mol. The molecule has 0 heterocycles. The minimum Gasteiger partial charge on any atom is -0.497 e. The third-order valence-corrected chi connectivity index (χ3v) is 4.06. The Kier molecular flexibility index (Phi) is 5.05. The molecule has 1 N–H and O–H groups in total. The molecule has 2 aromatic carbocycles. The van der Waals surface area contributed by atoms with E-state index in [2.05, 4.69) is 5.32 Å². The highest BCUT2D eigenvalue weighted by Crippen LogP contribution is 2.16. The number of methoxy groups -OCH3 is 1. The number of benzene rings is 2. The molecule has 1 unspecified atom stereocenters. The van der Waals surface area contributed by atoms with Gasteiger partial charge in [0.25, 0.3) is 0 Å². The summed E-state index contributed by atoms with van der Waals surface area (Å²) >= 11 is 0. The molecular weight excluding hydrogens is 293 g/mol. The van der Waals surface area contributed by atoms with Crippen molar-refractivity contribution in [3.8, 4) is 5.75 Å². The highest BCUT2D eigenvalue weighted by atomic mass is 32.2. The molecule has 0 aliphatic rings. The SMILES string of the molecule is COc1ccc(NC(=O)CS(=O)c2ccccc2F)cc1. The molecule has 6 heteroatoms. The van der Waals surface area contributed by atoms with Crippen molar-refractivity contribution in [1.82, 2.24) is 0 Å². The quantitative estimate of drug-likeness (QED) is 0.923. The molecule has 0 aromatic heterocycles. The first-order valence-electron chi connectivity index (χ1n) is 6.17. The topological polar surface area (TPSA) is 55.4 Å². The maximum absolute atomic E-state index is 13.5. The molecular formula is C15H14FNO3S. The molecule has 110 valence electrons. The minimum atomic E-state index is -1.72. The van der Waals surface area contributed by atoms with Crippen LogP contribution in [-0.2, 0) is 15.6 Å². The molecule has 0 radical (unpaired) electrons. The molecule has 1 amide bonds. The Balaban J connectivity index is 1.98. The molecule has 0 saturated carbocycles. The van der Waals surface area contributed by atoms with Crippen molar-refractivity contribution in [2.24, 2.45) is 0 Å². The van der Waals surface area contributed by atoms with E-state index in [-0.39, 0.29) is 10.6 Å². The standard InChI is InChI=1S/C15H14FNO3S/c1-20-12-8-6-11(7-9-12)17-15(18)10-21(19)14-5-3-2-4-13(14)16/h2-9H,10H2,1H3,(H,17,18). The summed E-state index contributed by atoms with van der Waals surface area (Å²) in [4.78, 5) is 11.8. The van der Waals surface area contributed by atoms with Gasteiger partial charge in [-0.3, -0.25) is 9.00 Å². The van der Waals surface area contributed by atoms with E-state index in [4.69, 9.17) is 4.74 Å². The first-order chi connectivity index (χ1) is 10.1. The summed E-state index contributed by atoms with van der Waals surface area (Å²) in [6.07, 6.45) is 0. The summed E-state index contributed by atoms with van der Waals surface area (Å²) in [7, 11) is -0.170. The Morgan fingerprint density at radius 2 is 1.86 bits per heavy atom. The van der Waals surface area contributed by atoms with Crippen LogP contribution in [0.4, 0.5) is 10.1 Å². The van der Waals surface area contributed by atoms with Crippen LogP contribution in [0.1, 0.15) is 0 Å². The molecule has 0 saturated heterocycles. The fraction of sp³-hybridized carbons (Fsp3) is 0.133. The number of anilines is 1. The highest BCUT2D eigenvalue weighted by Gasteiger charge is 2.13. The van der Waals surface area contributed by atoms with Gasteiger partial charge in [0.05, 0.1) is 22.8 Å². The van der Waals surface area contributed by atoms with E-state index in [1.54, 1.807) is 37.4 Å². The lowest BCUT2D eigenvalue weighted by molar-refractivity contribution is -0.113. The van der Waals surface area contributed by atoms with Gasteiger partial charge in [-0.25, -0.2) is 4.39 Å². The van der Waals surface area contributed by atoms with E-state index in [0.717, 1.165) is 0 Å². The maximum Gasteiger partial charge on any atom is 0.237 e. The van der Waals surface area contributed by atoms with Crippen LogP contribution in [0.3, 0.4) is 0 Å². The summed E-state index contributed by atoms with van der Waals surface area (Å²) in [5.74, 6) is -0.648. The summed E-state index contributed by atoms with van der Waals surface area (Å²) in [6, 6.07) is 12.4. The maximum atomic E-state index is 13.5. The van der Waals surface area contributed by atoms with Crippen LogP contribution in [0.5, 0.6) is 5.75 Å². The number of halogens is 1. The summed E-state index contributed by atoms with van der Waals surface area (Å²) in [6.45, 7) is 0. The van der Waals surface area contributed by atoms with Crippen molar-refractivity contribution in [3.63, 3.8) is 0 Å². The lowest BCUT2D eigenvalue weighted by Crippen LogP contribution is -2.19. The highest BCUT2D eigenvalue weighted by molar-refractivity contribution is 7.85. The van der Waals surface area contributed by atoms with Gasteiger partial charge in [-0.2, -0.15) is 0 Å². The molecule has 2 aromatic rings. The van der Waals surface area contributed by atoms with E-state index in [1.807, 2.05) is 0 Å². The van der Waals surface area contributed by atoms with Crippen molar-refractivity contribution >= 4 is 22.4 Å². The largest absolute Gasteiger partial charge is 0.497 e. The third-order valence-electron chi connectivity index (χ3n) is 2.72. The number of hydrogen-bond acceptors (Lipinski definition) is 3. The van der Waals surface area contributed by atoms with Crippen molar-refractivity contribution in [3.05, 3.63) is 54.3 Å². The number of carbonyl (C=O) groups excluding carboxylic acids is 1. The van der Waals surface area contributed by atoms with Gasteiger partial charge in [-0.1, -0.05) is 12.1 Å². The van der Waals surface area contributed by atoms with Gasteiger partial charge in [0.15, 0.2) is 0 Å². The van der Waals surface area contributed by atoms with Crippen LogP contribution in [0, 0.1) is 5.82 Å². The Bertz CT molecular complexity index is 658. The number of carbonyl (C=O) groups is 1. The lowest BCUT2D eigenvalue weighted by atomic mass is 10.3. The summed E-state index contributed by atoms with van der Waals surface area (Å²) < 4.78 is 30.4. The zero-order valence-corrected chi connectivity index (χ0v) is 12.2. The van der Waals surface area contributed by atoms with Gasteiger partial charge in [-0.05, 0) is 36.4 Å². The average molecular weight is 307 g/mol. The van der Waals surface area contributed by atoms with Crippen LogP contribution in [0.25, 0.3) is 0 Å². The molecule has 2 rings (SSSR count). The fourth-order valence-electron chi connectivity index (χ4n) is 1.70. The molecule has 0 fully saturated rings. The van der Waals surface area contributed by atoms with Crippen molar-refractivity contribution in [1.29, 1.82) is 0 Å². The van der Waals surface area contributed by atoms with Crippen LogP contribution in [0.2, 0.25) is 0 Å². The zero-order valence-electron chi connectivity index (χ0n) is 11.3. The Labute approximate surface area is 124 Å². The van der Waals surface area contributed by atoms with E-state index >= 15 is 0 Å². The van der Waals surface area contributed by atoms with E-state index in [0.29, 0.717) is 11.4 Å². The van der Waals surface area contributed by atoms with E-state index in [1.165, 1.54) is 18.2 Å². The molecule has 0 bridgehead atoms. The number of amides is 1. The second-order valence-electron chi connectivity index (χ2n) is 4.20. The second kappa shape index (κ2) is 6.99. The van der Waals surface area contributed by atoms with Crippen LogP contribution in [-0.4, -0.2) is 23.0 Å². The molecule has 4 nitrogen and oxygen atoms in total. The third kappa shape index (κ3) is 4.13. The van der Waals surface area contributed by atoms with Gasteiger partial charge in [-0.15, -0.1) is 0 Å². The first-order valence-corrected chi connectivity index (χ1v) is 7.49. The predicted octanol–water partition coefficient (Wildman–Crippen LogP) is 2.58. The molecule has 21 heavy (non-hydrogen) atoms. The van der Waals surface area contributed by atoms with E-state index < -0.39 is 22.5 Å². The fourth-order valence-corrected chi connectivity index (χ4v) is 2.68. The van der Waals surface area contributed by atoms with Gasteiger partial charge >= 0.3 is 0 Å². The normalized spacial score (nSPS) is 11.7. The first kappa shape index (κ1) is 15.2. The van der Waals surface area contributed by atoms with Crippen LogP contribution in [0.15, 0.2) is 53.4 Å². The second-order valence-corrected chi connectivity index (χ2v) is 5.62. The lowest BCUT2D eigenvalue weighted by Gasteiger charge is -2.07.